The molecule has 1 aliphatic rings. The molecule has 4 nitrogen and oxygen atoms in total. The van der Waals surface area contributed by atoms with Crippen molar-refractivity contribution >= 4 is 16.9 Å². The number of hydrogen-bond donors (Lipinski definition) is 1. The van der Waals surface area contributed by atoms with E-state index in [1.165, 1.54) is 12.0 Å². The van der Waals surface area contributed by atoms with Crippen LogP contribution in [0.5, 0.6) is 0 Å². The van der Waals surface area contributed by atoms with E-state index < -0.39 is 0 Å². The smallest absolute Gasteiger partial charge is 0.260 e. The van der Waals surface area contributed by atoms with Crippen molar-refractivity contribution in [3.05, 3.63) is 70.5 Å². The zero-order chi connectivity index (χ0) is 17.1. The molecular weight excluding hydrogens is 310 g/mol. The summed E-state index contributed by atoms with van der Waals surface area (Å²) in [5.41, 5.74) is 2.12. The Kier molecular flexibility index (Phi) is 4.51. The van der Waals surface area contributed by atoms with Gasteiger partial charge in [-0.05, 0) is 49.8 Å². The lowest BCUT2D eigenvalue weighted by Crippen LogP contribution is -2.32. The number of hydrogen-bond acceptors (Lipinski definition) is 3. The third-order valence-corrected chi connectivity index (χ3v) is 5.10. The fourth-order valence-corrected chi connectivity index (χ4v) is 3.81. The molecular formula is C21H23N3O. The molecule has 0 saturated carbocycles. The van der Waals surface area contributed by atoms with Crippen LogP contribution in [0.4, 0.5) is 5.95 Å². The maximum Gasteiger partial charge on any atom is 0.260 e. The van der Waals surface area contributed by atoms with Crippen LogP contribution in [0.25, 0.3) is 10.9 Å². The van der Waals surface area contributed by atoms with Crippen molar-refractivity contribution in [2.24, 2.45) is 0 Å². The molecule has 1 aromatic heterocycles. The van der Waals surface area contributed by atoms with E-state index >= 15 is 0 Å². The minimum absolute atomic E-state index is 0.0458. The van der Waals surface area contributed by atoms with Gasteiger partial charge in [0.1, 0.15) is 0 Å². The highest BCUT2D eigenvalue weighted by molar-refractivity contribution is 5.78. The van der Waals surface area contributed by atoms with Crippen LogP contribution < -0.4 is 10.5 Å². The van der Waals surface area contributed by atoms with Gasteiger partial charge in [0.25, 0.3) is 5.56 Å². The molecule has 2 aromatic carbocycles. The molecule has 1 aliphatic heterocycles. The number of rotatable bonds is 5. The van der Waals surface area contributed by atoms with E-state index in [2.05, 4.69) is 40.2 Å². The highest BCUT2D eigenvalue weighted by atomic mass is 16.1. The third kappa shape index (κ3) is 3.43. The summed E-state index contributed by atoms with van der Waals surface area (Å²) in [6, 6.07) is 18.6. The summed E-state index contributed by atoms with van der Waals surface area (Å²) < 4.78 is 0. The van der Waals surface area contributed by atoms with Crippen LogP contribution in [0.1, 0.15) is 31.2 Å². The number of H-pyrrole nitrogens is 1. The molecule has 1 fully saturated rings. The summed E-state index contributed by atoms with van der Waals surface area (Å²) in [6.07, 6.45) is 5.72. The third-order valence-electron chi connectivity index (χ3n) is 5.10. The van der Waals surface area contributed by atoms with Crippen LogP contribution in [0, 0.1) is 0 Å². The molecule has 1 atom stereocenters. The van der Waals surface area contributed by atoms with E-state index in [-0.39, 0.29) is 5.56 Å². The first-order valence-corrected chi connectivity index (χ1v) is 9.11. The predicted molar refractivity (Wildman–Crippen MR) is 102 cm³/mol. The molecule has 2 heterocycles. The molecule has 128 valence electrons. The summed E-state index contributed by atoms with van der Waals surface area (Å²) in [7, 11) is 0. The first-order valence-electron chi connectivity index (χ1n) is 9.11. The van der Waals surface area contributed by atoms with Gasteiger partial charge in [0, 0.05) is 12.6 Å². The van der Waals surface area contributed by atoms with E-state index in [0.29, 0.717) is 11.4 Å². The van der Waals surface area contributed by atoms with Gasteiger partial charge >= 0.3 is 0 Å². The van der Waals surface area contributed by atoms with Gasteiger partial charge in [-0.1, -0.05) is 42.5 Å². The lowest BCUT2D eigenvalue weighted by molar-refractivity contribution is 0.573. The number of aromatic nitrogens is 2. The van der Waals surface area contributed by atoms with Crippen LogP contribution in [-0.2, 0) is 6.42 Å². The second-order valence-electron chi connectivity index (χ2n) is 6.77. The van der Waals surface area contributed by atoms with E-state index in [9.17, 15) is 4.79 Å². The highest BCUT2D eigenvalue weighted by Gasteiger charge is 2.26. The van der Waals surface area contributed by atoms with Crippen LogP contribution in [-0.4, -0.2) is 22.6 Å². The topological polar surface area (TPSA) is 49.0 Å². The summed E-state index contributed by atoms with van der Waals surface area (Å²) in [6.45, 7) is 0.970. The van der Waals surface area contributed by atoms with Gasteiger partial charge in [-0.2, -0.15) is 0 Å². The Morgan fingerprint density at radius 1 is 1.08 bits per heavy atom. The van der Waals surface area contributed by atoms with Crippen molar-refractivity contribution in [2.45, 2.75) is 38.1 Å². The van der Waals surface area contributed by atoms with Crippen molar-refractivity contribution in [1.29, 1.82) is 0 Å². The lowest BCUT2D eigenvalue weighted by atomic mass is 10.0. The summed E-state index contributed by atoms with van der Waals surface area (Å²) in [5, 5.41) is 0.658. The zero-order valence-corrected chi connectivity index (χ0v) is 14.3. The molecule has 25 heavy (non-hydrogen) atoms. The molecule has 1 unspecified atom stereocenters. The van der Waals surface area contributed by atoms with E-state index in [1.807, 2.05) is 24.3 Å². The number of benzene rings is 2. The van der Waals surface area contributed by atoms with Crippen molar-refractivity contribution in [3.8, 4) is 0 Å². The van der Waals surface area contributed by atoms with Crippen LogP contribution >= 0.6 is 0 Å². The number of fused-ring (bicyclic) bond motifs is 1. The minimum Gasteiger partial charge on any atom is -0.339 e. The number of aromatic amines is 1. The van der Waals surface area contributed by atoms with E-state index in [1.54, 1.807) is 0 Å². The van der Waals surface area contributed by atoms with Crippen molar-refractivity contribution in [1.82, 2.24) is 9.97 Å². The largest absolute Gasteiger partial charge is 0.339 e. The van der Waals surface area contributed by atoms with Gasteiger partial charge < -0.3 is 4.90 Å². The van der Waals surface area contributed by atoms with Gasteiger partial charge in [-0.3, -0.25) is 9.78 Å². The molecule has 3 aromatic rings. The zero-order valence-electron chi connectivity index (χ0n) is 14.3. The van der Waals surface area contributed by atoms with Crippen LogP contribution in [0.3, 0.4) is 0 Å². The van der Waals surface area contributed by atoms with Crippen molar-refractivity contribution in [2.75, 3.05) is 11.4 Å². The Morgan fingerprint density at radius 3 is 2.76 bits per heavy atom. The number of anilines is 1. The molecule has 1 saturated heterocycles. The maximum atomic E-state index is 12.3. The summed E-state index contributed by atoms with van der Waals surface area (Å²) in [5.74, 6) is 0.728. The Balaban J connectivity index is 1.48. The van der Waals surface area contributed by atoms with Crippen LogP contribution in [0.15, 0.2) is 59.4 Å². The lowest BCUT2D eigenvalue weighted by Gasteiger charge is -2.25. The average Bonchev–Trinajstić information content (AvgIpc) is 3.11. The van der Waals surface area contributed by atoms with Gasteiger partial charge in [0.05, 0.1) is 10.9 Å². The molecule has 0 amide bonds. The quantitative estimate of drug-likeness (QED) is 0.770. The molecule has 0 spiro atoms. The Morgan fingerprint density at radius 2 is 1.88 bits per heavy atom. The molecule has 0 bridgehead atoms. The molecule has 4 rings (SSSR count). The van der Waals surface area contributed by atoms with Crippen molar-refractivity contribution in [3.63, 3.8) is 0 Å². The van der Waals surface area contributed by atoms with Crippen molar-refractivity contribution < 1.29 is 0 Å². The number of nitrogens with zero attached hydrogens (tertiary/aromatic N) is 2. The Labute approximate surface area is 147 Å². The fraction of sp³-hybridized carbons (Fsp3) is 0.333. The standard InChI is InChI=1S/C21H23N3O/c25-20-18-13-4-5-14-19(18)22-21(23-20)24-15-7-12-17(24)11-6-10-16-8-2-1-3-9-16/h1-5,8-9,13-14,17H,6-7,10-12,15H2,(H,22,23,25). The first-order chi connectivity index (χ1) is 12.3. The van der Waals surface area contributed by atoms with Crippen LogP contribution in [0.2, 0.25) is 0 Å². The summed E-state index contributed by atoms with van der Waals surface area (Å²) >= 11 is 0. The normalized spacial score (nSPS) is 17.3. The van der Waals surface area contributed by atoms with Gasteiger partial charge in [-0.25, -0.2) is 4.98 Å². The highest BCUT2D eigenvalue weighted by Crippen LogP contribution is 2.26. The molecule has 0 radical (unpaired) electrons. The minimum atomic E-state index is -0.0458. The fourth-order valence-electron chi connectivity index (χ4n) is 3.81. The SMILES string of the molecule is O=c1[nH]c(N2CCCC2CCCc2ccccc2)nc2ccccc12. The van der Waals surface area contributed by atoms with Gasteiger partial charge in [-0.15, -0.1) is 0 Å². The second kappa shape index (κ2) is 7.09. The Bertz CT molecular complexity index is 904. The first kappa shape index (κ1) is 15.9. The maximum absolute atomic E-state index is 12.3. The predicted octanol–water partition coefficient (Wildman–Crippen LogP) is 3.91. The second-order valence-corrected chi connectivity index (χ2v) is 6.77. The molecule has 0 aliphatic carbocycles. The van der Waals surface area contributed by atoms with Gasteiger partial charge in [0.15, 0.2) is 0 Å². The summed E-state index contributed by atoms with van der Waals surface area (Å²) in [4.78, 5) is 22.3. The van der Waals surface area contributed by atoms with E-state index in [0.717, 1.165) is 43.7 Å². The molecule has 1 N–H and O–H groups in total. The number of nitrogens with one attached hydrogen (secondary N) is 1. The van der Waals surface area contributed by atoms with Gasteiger partial charge in [0.2, 0.25) is 5.95 Å². The number of para-hydroxylation sites is 1. The average molecular weight is 333 g/mol. The molecule has 4 heteroatoms. The Hall–Kier alpha value is -2.62. The van der Waals surface area contributed by atoms with E-state index in [4.69, 9.17) is 4.98 Å². The number of aryl methyl sites for hydroxylation is 1. The monoisotopic (exact) mass is 333 g/mol.